The Morgan fingerprint density at radius 3 is 2.65 bits per heavy atom. The van der Waals surface area contributed by atoms with E-state index < -0.39 is 0 Å². The monoisotopic (exact) mass is 354 g/mol. The molecule has 26 heavy (non-hydrogen) atoms. The van der Waals surface area contributed by atoms with Crippen molar-refractivity contribution in [3.63, 3.8) is 0 Å². The number of rotatable bonds is 4. The molecular weight excluding hydrogens is 328 g/mol. The van der Waals surface area contributed by atoms with Gasteiger partial charge in [-0.3, -0.25) is 14.5 Å². The first-order valence-corrected chi connectivity index (χ1v) is 9.05. The van der Waals surface area contributed by atoms with Gasteiger partial charge in [0.1, 0.15) is 5.69 Å². The second-order valence-corrected chi connectivity index (χ2v) is 6.97. The fourth-order valence-corrected chi connectivity index (χ4v) is 3.35. The Morgan fingerprint density at radius 1 is 1.15 bits per heavy atom. The van der Waals surface area contributed by atoms with Gasteiger partial charge in [-0.05, 0) is 38.5 Å². The van der Waals surface area contributed by atoms with Crippen molar-refractivity contribution in [1.82, 2.24) is 19.4 Å². The van der Waals surface area contributed by atoms with Crippen LogP contribution >= 0.6 is 0 Å². The lowest BCUT2D eigenvalue weighted by Gasteiger charge is -2.22. The summed E-state index contributed by atoms with van der Waals surface area (Å²) in [6.07, 6.45) is 2.82. The van der Waals surface area contributed by atoms with E-state index in [1.54, 1.807) is 13.0 Å². The zero-order valence-electron chi connectivity index (χ0n) is 15.7. The van der Waals surface area contributed by atoms with Gasteiger partial charge in [-0.2, -0.15) is 0 Å². The predicted octanol–water partition coefficient (Wildman–Crippen LogP) is 2.28. The highest BCUT2D eigenvalue weighted by Gasteiger charge is 2.22. The molecule has 0 spiro atoms. The predicted molar refractivity (Wildman–Crippen MR) is 100 cm³/mol. The van der Waals surface area contributed by atoms with E-state index in [-0.39, 0.29) is 11.7 Å². The number of carbonyl (C=O) groups is 2. The molecule has 0 aromatic carbocycles. The molecule has 1 saturated heterocycles. The van der Waals surface area contributed by atoms with E-state index in [2.05, 4.69) is 9.88 Å². The largest absolute Gasteiger partial charge is 0.353 e. The molecule has 0 saturated carbocycles. The maximum absolute atomic E-state index is 12.7. The van der Waals surface area contributed by atoms with Gasteiger partial charge in [0.25, 0.3) is 5.91 Å². The fourth-order valence-electron chi connectivity index (χ4n) is 3.35. The Kier molecular flexibility index (Phi) is 5.52. The highest BCUT2D eigenvalue weighted by molar-refractivity contribution is 5.94. The number of hydrogen-bond acceptors (Lipinski definition) is 4. The Balaban J connectivity index is 1.63. The summed E-state index contributed by atoms with van der Waals surface area (Å²) < 4.78 is 2.02. The summed E-state index contributed by atoms with van der Waals surface area (Å²) in [5.74, 6) is 0.0958. The molecular formula is C20H26N4O2. The van der Waals surface area contributed by atoms with E-state index in [9.17, 15) is 9.59 Å². The summed E-state index contributed by atoms with van der Waals surface area (Å²) in [6, 6.07) is 7.52. The van der Waals surface area contributed by atoms with Crippen molar-refractivity contribution in [3.8, 4) is 0 Å². The van der Waals surface area contributed by atoms with Gasteiger partial charge < -0.3 is 9.47 Å². The molecule has 2 aromatic rings. The molecule has 0 bridgehead atoms. The van der Waals surface area contributed by atoms with Crippen molar-refractivity contribution in [2.24, 2.45) is 7.05 Å². The van der Waals surface area contributed by atoms with Crippen molar-refractivity contribution in [2.75, 3.05) is 26.2 Å². The van der Waals surface area contributed by atoms with Crippen molar-refractivity contribution in [3.05, 3.63) is 53.1 Å². The number of hydrogen-bond donors (Lipinski definition) is 0. The minimum absolute atomic E-state index is 0.00767. The number of ketones is 1. The van der Waals surface area contributed by atoms with Crippen molar-refractivity contribution in [1.29, 1.82) is 0 Å². The Bertz CT molecular complexity index is 812. The quantitative estimate of drug-likeness (QED) is 0.791. The minimum atomic E-state index is 0.00767. The number of aryl methyl sites for hydroxylation is 2. The first-order chi connectivity index (χ1) is 12.4. The van der Waals surface area contributed by atoms with Crippen molar-refractivity contribution < 1.29 is 9.59 Å². The molecule has 1 fully saturated rings. The zero-order valence-corrected chi connectivity index (χ0v) is 15.7. The maximum Gasteiger partial charge on any atom is 0.272 e. The maximum atomic E-state index is 12.7. The summed E-state index contributed by atoms with van der Waals surface area (Å²) in [4.78, 5) is 32.9. The number of Topliss-reactive ketones (excluding diaryl/α,β-unsaturated/α-hetero) is 1. The molecule has 0 N–H and O–H groups in total. The number of carbonyl (C=O) groups excluding carboxylic acids is 2. The molecule has 0 unspecified atom stereocenters. The molecule has 6 heteroatoms. The van der Waals surface area contributed by atoms with Gasteiger partial charge >= 0.3 is 0 Å². The van der Waals surface area contributed by atoms with E-state index in [1.807, 2.05) is 47.8 Å². The van der Waals surface area contributed by atoms with Gasteiger partial charge in [0, 0.05) is 62.9 Å². The van der Waals surface area contributed by atoms with E-state index >= 15 is 0 Å². The van der Waals surface area contributed by atoms with Crippen LogP contribution in [-0.4, -0.2) is 57.2 Å². The van der Waals surface area contributed by atoms with Crippen LogP contribution in [0, 0.1) is 6.92 Å². The van der Waals surface area contributed by atoms with Crippen LogP contribution in [0.5, 0.6) is 0 Å². The van der Waals surface area contributed by atoms with E-state index in [0.717, 1.165) is 49.6 Å². The van der Waals surface area contributed by atoms with Gasteiger partial charge in [0.15, 0.2) is 5.78 Å². The van der Waals surface area contributed by atoms with Crippen molar-refractivity contribution in [2.45, 2.75) is 26.8 Å². The molecule has 1 aliphatic rings. The van der Waals surface area contributed by atoms with Crippen LogP contribution < -0.4 is 0 Å². The highest BCUT2D eigenvalue weighted by atomic mass is 16.2. The Hall–Kier alpha value is -2.47. The van der Waals surface area contributed by atoms with Crippen LogP contribution in [0.25, 0.3) is 0 Å². The fraction of sp³-hybridized carbons (Fsp3) is 0.450. The van der Waals surface area contributed by atoms with Gasteiger partial charge in [-0.25, -0.2) is 4.98 Å². The third-order valence-corrected chi connectivity index (χ3v) is 4.88. The number of amides is 1. The minimum Gasteiger partial charge on any atom is -0.353 e. The van der Waals surface area contributed by atoms with Crippen LogP contribution in [0.2, 0.25) is 0 Å². The van der Waals surface area contributed by atoms with Gasteiger partial charge in [0.05, 0.1) is 0 Å². The van der Waals surface area contributed by atoms with Gasteiger partial charge in [-0.1, -0.05) is 6.07 Å². The molecule has 6 nitrogen and oxygen atoms in total. The van der Waals surface area contributed by atoms with Gasteiger partial charge in [-0.15, -0.1) is 0 Å². The smallest absolute Gasteiger partial charge is 0.272 e. The molecule has 1 amide bonds. The number of aromatic nitrogens is 2. The first kappa shape index (κ1) is 18.3. The molecule has 138 valence electrons. The molecule has 2 aromatic heterocycles. The third kappa shape index (κ3) is 4.19. The number of pyridine rings is 1. The molecule has 0 radical (unpaired) electrons. The summed E-state index contributed by atoms with van der Waals surface area (Å²) in [5, 5.41) is 0. The Morgan fingerprint density at radius 2 is 1.96 bits per heavy atom. The lowest BCUT2D eigenvalue weighted by atomic mass is 10.2. The van der Waals surface area contributed by atoms with E-state index in [4.69, 9.17) is 0 Å². The lowest BCUT2D eigenvalue weighted by molar-refractivity contribution is 0.0754. The molecule has 1 aliphatic heterocycles. The van der Waals surface area contributed by atoms with Crippen LogP contribution in [0.15, 0.2) is 30.5 Å². The van der Waals surface area contributed by atoms with Crippen LogP contribution in [-0.2, 0) is 13.6 Å². The first-order valence-electron chi connectivity index (χ1n) is 9.05. The SMILES string of the molecule is CC(=O)c1cc(CN2CCCN(C(=O)c3cccc(C)n3)CC2)n(C)c1. The average molecular weight is 354 g/mol. The molecule has 0 aliphatic carbocycles. The average Bonchev–Trinajstić information content (AvgIpc) is 2.82. The van der Waals surface area contributed by atoms with Crippen LogP contribution in [0.4, 0.5) is 0 Å². The van der Waals surface area contributed by atoms with Crippen LogP contribution in [0.3, 0.4) is 0 Å². The topological polar surface area (TPSA) is 58.4 Å². The second kappa shape index (κ2) is 7.83. The Labute approximate surface area is 154 Å². The van der Waals surface area contributed by atoms with E-state index in [1.165, 1.54) is 0 Å². The van der Waals surface area contributed by atoms with Gasteiger partial charge in [0.2, 0.25) is 0 Å². The summed E-state index contributed by atoms with van der Waals surface area (Å²) in [5.41, 5.74) is 3.25. The second-order valence-electron chi connectivity index (χ2n) is 6.97. The molecule has 3 heterocycles. The third-order valence-electron chi connectivity index (χ3n) is 4.88. The zero-order chi connectivity index (χ0) is 18.7. The number of nitrogens with zero attached hydrogens (tertiary/aromatic N) is 4. The standard InChI is InChI=1S/C20H26N4O2/c1-15-6-4-7-19(21-15)20(26)24-9-5-8-23(10-11-24)14-18-12-17(16(2)25)13-22(18)3/h4,6-7,12-13H,5,8-11,14H2,1-3H3. The highest BCUT2D eigenvalue weighted by Crippen LogP contribution is 2.14. The lowest BCUT2D eigenvalue weighted by Crippen LogP contribution is -2.35. The van der Waals surface area contributed by atoms with Crippen LogP contribution in [0.1, 0.15) is 45.6 Å². The van der Waals surface area contributed by atoms with E-state index in [0.29, 0.717) is 12.2 Å². The van der Waals surface area contributed by atoms with Crippen molar-refractivity contribution >= 4 is 11.7 Å². The molecule has 3 rings (SSSR count). The normalized spacial score (nSPS) is 15.7. The summed E-state index contributed by atoms with van der Waals surface area (Å²) >= 11 is 0. The summed E-state index contributed by atoms with van der Waals surface area (Å²) in [7, 11) is 1.97. The summed E-state index contributed by atoms with van der Waals surface area (Å²) in [6.45, 7) is 7.47. The molecule has 0 atom stereocenters.